The van der Waals surface area contributed by atoms with Gasteiger partial charge < -0.3 is 15.0 Å². The molecule has 1 fully saturated rings. The predicted octanol–water partition coefficient (Wildman–Crippen LogP) is 3.36. The van der Waals surface area contributed by atoms with E-state index >= 15 is 0 Å². The fraction of sp³-hybridized carbons (Fsp3) is 0.292. The molecule has 1 aromatic heterocycles. The van der Waals surface area contributed by atoms with Gasteiger partial charge in [-0.2, -0.15) is 5.10 Å². The number of rotatable bonds is 5. The second kappa shape index (κ2) is 7.91. The average Bonchev–Trinajstić information content (AvgIpc) is 3.50. The van der Waals surface area contributed by atoms with E-state index in [0.29, 0.717) is 6.54 Å². The summed E-state index contributed by atoms with van der Waals surface area (Å²) < 4.78 is 7.00. The molecule has 1 saturated heterocycles. The van der Waals surface area contributed by atoms with Crippen LogP contribution in [0.4, 0.5) is 11.5 Å². The minimum absolute atomic E-state index is 0.0490. The highest BCUT2D eigenvalue weighted by Crippen LogP contribution is 2.32. The van der Waals surface area contributed by atoms with Crippen molar-refractivity contribution in [3.8, 4) is 11.4 Å². The number of carbonyl (C=O) groups excluding carboxylic acids is 2. The molecule has 1 atom stereocenters. The Balaban J connectivity index is 1.37. The van der Waals surface area contributed by atoms with E-state index in [9.17, 15) is 9.59 Å². The molecule has 0 radical (unpaired) electrons. The molecule has 2 heterocycles. The molecule has 2 aromatic carbocycles. The van der Waals surface area contributed by atoms with Crippen molar-refractivity contribution in [2.24, 2.45) is 5.92 Å². The topological polar surface area (TPSA) is 76.5 Å². The molecule has 1 aliphatic carbocycles. The molecule has 7 nitrogen and oxygen atoms in total. The number of nitrogens with zero attached hydrogens (tertiary/aromatic N) is 3. The zero-order valence-corrected chi connectivity index (χ0v) is 17.4. The molecule has 0 unspecified atom stereocenters. The van der Waals surface area contributed by atoms with Crippen LogP contribution >= 0.6 is 0 Å². The fourth-order valence-electron chi connectivity index (χ4n) is 4.39. The number of methoxy groups -OCH3 is 1. The van der Waals surface area contributed by atoms with Crippen molar-refractivity contribution in [3.63, 3.8) is 0 Å². The summed E-state index contributed by atoms with van der Waals surface area (Å²) in [6.45, 7) is 0.360. The third-order valence-corrected chi connectivity index (χ3v) is 6.03. The summed E-state index contributed by atoms with van der Waals surface area (Å²) in [5.41, 5.74) is 3.83. The third-order valence-electron chi connectivity index (χ3n) is 6.03. The summed E-state index contributed by atoms with van der Waals surface area (Å²) in [6.07, 6.45) is 3.06. The summed E-state index contributed by atoms with van der Waals surface area (Å²) in [5, 5.41) is 7.85. The maximum atomic E-state index is 13.2. The van der Waals surface area contributed by atoms with Gasteiger partial charge in [-0.25, -0.2) is 4.68 Å². The highest BCUT2D eigenvalue weighted by molar-refractivity contribution is 6.03. The molecule has 2 aliphatic rings. The van der Waals surface area contributed by atoms with E-state index in [1.165, 1.54) is 0 Å². The first kappa shape index (κ1) is 19.4. The first-order chi connectivity index (χ1) is 15.1. The van der Waals surface area contributed by atoms with Gasteiger partial charge in [-0.05, 0) is 55.7 Å². The minimum Gasteiger partial charge on any atom is -0.497 e. The zero-order chi connectivity index (χ0) is 21.4. The number of anilines is 2. The molecular weight excluding hydrogens is 392 g/mol. The molecule has 31 heavy (non-hydrogen) atoms. The van der Waals surface area contributed by atoms with Crippen molar-refractivity contribution < 1.29 is 14.3 Å². The number of ether oxygens (including phenoxy) is 1. The molecular formula is C24H24N4O3. The molecule has 1 aliphatic heterocycles. The monoisotopic (exact) mass is 416 g/mol. The van der Waals surface area contributed by atoms with Crippen LogP contribution in [0.1, 0.15) is 24.1 Å². The van der Waals surface area contributed by atoms with Crippen LogP contribution in [0.2, 0.25) is 0 Å². The van der Waals surface area contributed by atoms with Crippen molar-refractivity contribution in [2.75, 3.05) is 23.9 Å². The van der Waals surface area contributed by atoms with E-state index in [2.05, 4.69) is 5.32 Å². The van der Waals surface area contributed by atoms with Gasteiger partial charge in [0.25, 0.3) is 0 Å². The van der Waals surface area contributed by atoms with E-state index in [1.54, 1.807) is 12.0 Å². The van der Waals surface area contributed by atoms with Gasteiger partial charge in [0.1, 0.15) is 11.6 Å². The number of fused-ring (bicyclic) bond motifs is 1. The quantitative estimate of drug-likeness (QED) is 0.692. The zero-order valence-electron chi connectivity index (χ0n) is 17.4. The summed E-state index contributed by atoms with van der Waals surface area (Å²) in [6, 6.07) is 17.1. The number of nitrogens with one attached hydrogen (secondary N) is 1. The SMILES string of the molecule is COc1ccc(N2C[C@H](C(=O)Nc3c4c(nn3-c3ccccc3)CCC4)CC2=O)cc1. The standard InChI is InChI=1S/C24H24N4O3/c1-31-19-12-10-17(11-13-19)27-15-16(14-22(27)29)24(30)25-23-20-8-5-9-21(20)26-28(23)18-6-3-2-4-7-18/h2-4,6-7,10-13,16H,5,8-9,14-15H2,1H3,(H,25,30)/t16-/m1/s1. The van der Waals surface area contributed by atoms with Crippen LogP contribution in [0.15, 0.2) is 54.6 Å². The number of hydrogen-bond donors (Lipinski definition) is 1. The van der Waals surface area contributed by atoms with E-state index in [-0.39, 0.29) is 18.2 Å². The van der Waals surface area contributed by atoms with Crippen LogP contribution in [0.5, 0.6) is 5.75 Å². The van der Waals surface area contributed by atoms with Crippen LogP contribution < -0.4 is 15.0 Å². The van der Waals surface area contributed by atoms with Crippen molar-refractivity contribution in [3.05, 3.63) is 65.9 Å². The first-order valence-corrected chi connectivity index (χ1v) is 10.6. The summed E-state index contributed by atoms with van der Waals surface area (Å²) in [4.78, 5) is 27.5. The van der Waals surface area contributed by atoms with Crippen molar-refractivity contribution >= 4 is 23.3 Å². The molecule has 0 spiro atoms. The minimum atomic E-state index is -0.411. The second-order valence-electron chi connectivity index (χ2n) is 7.97. The molecule has 7 heteroatoms. The lowest BCUT2D eigenvalue weighted by Crippen LogP contribution is -2.28. The van der Waals surface area contributed by atoms with Gasteiger partial charge in [0, 0.05) is 24.2 Å². The van der Waals surface area contributed by atoms with E-state index < -0.39 is 5.92 Å². The lowest BCUT2D eigenvalue weighted by Gasteiger charge is -2.17. The highest BCUT2D eigenvalue weighted by Gasteiger charge is 2.36. The van der Waals surface area contributed by atoms with Gasteiger partial charge in [-0.1, -0.05) is 18.2 Å². The van der Waals surface area contributed by atoms with Gasteiger partial charge >= 0.3 is 0 Å². The number of hydrogen-bond acceptors (Lipinski definition) is 4. The van der Waals surface area contributed by atoms with Crippen LogP contribution in [0.25, 0.3) is 5.69 Å². The largest absolute Gasteiger partial charge is 0.497 e. The Morgan fingerprint density at radius 3 is 2.58 bits per heavy atom. The Morgan fingerprint density at radius 2 is 1.84 bits per heavy atom. The van der Waals surface area contributed by atoms with Crippen LogP contribution in [-0.4, -0.2) is 35.2 Å². The van der Waals surface area contributed by atoms with E-state index in [1.807, 2.05) is 59.3 Å². The highest BCUT2D eigenvalue weighted by atomic mass is 16.5. The predicted molar refractivity (Wildman–Crippen MR) is 118 cm³/mol. The first-order valence-electron chi connectivity index (χ1n) is 10.6. The Bertz CT molecular complexity index is 1120. The number of aryl methyl sites for hydroxylation is 1. The van der Waals surface area contributed by atoms with Gasteiger partial charge in [0.05, 0.1) is 24.4 Å². The molecule has 158 valence electrons. The lowest BCUT2D eigenvalue weighted by molar-refractivity contribution is -0.122. The lowest BCUT2D eigenvalue weighted by atomic mass is 10.1. The van der Waals surface area contributed by atoms with Crippen molar-refractivity contribution in [1.29, 1.82) is 0 Å². The number of para-hydroxylation sites is 1. The number of benzene rings is 2. The van der Waals surface area contributed by atoms with Gasteiger partial charge in [0.2, 0.25) is 11.8 Å². The Kier molecular flexibility index (Phi) is 4.94. The molecule has 1 N–H and O–H groups in total. The van der Waals surface area contributed by atoms with Gasteiger partial charge in [-0.15, -0.1) is 0 Å². The number of amides is 2. The molecule has 0 bridgehead atoms. The molecule has 3 aromatic rings. The Labute approximate surface area is 180 Å². The molecule has 0 saturated carbocycles. The van der Waals surface area contributed by atoms with Crippen molar-refractivity contribution in [2.45, 2.75) is 25.7 Å². The van der Waals surface area contributed by atoms with E-state index in [0.717, 1.165) is 53.5 Å². The maximum absolute atomic E-state index is 13.2. The summed E-state index contributed by atoms with van der Waals surface area (Å²) in [5.74, 6) is 0.862. The van der Waals surface area contributed by atoms with Crippen molar-refractivity contribution in [1.82, 2.24) is 9.78 Å². The summed E-state index contributed by atoms with van der Waals surface area (Å²) in [7, 11) is 1.60. The summed E-state index contributed by atoms with van der Waals surface area (Å²) >= 11 is 0. The number of carbonyl (C=O) groups is 2. The fourth-order valence-corrected chi connectivity index (χ4v) is 4.39. The Hall–Kier alpha value is -3.61. The average molecular weight is 416 g/mol. The van der Waals surface area contributed by atoms with Crippen LogP contribution in [-0.2, 0) is 22.4 Å². The van der Waals surface area contributed by atoms with Gasteiger partial charge in [0.15, 0.2) is 0 Å². The Morgan fingerprint density at radius 1 is 1.06 bits per heavy atom. The van der Waals surface area contributed by atoms with E-state index in [4.69, 9.17) is 9.84 Å². The normalized spacial score (nSPS) is 17.6. The second-order valence-corrected chi connectivity index (χ2v) is 7.97. The number of aromatic nitrogens is 2. The molecule has 5 rings (SSSR count). The molecule has 2 amide bonds. The van der Waals surface area contributed by atoms with Crippen LogP contribution in [0, 0.1) is 5.92 Å². The smallest absolute Gasteiger partial charge is 0.230 e. The van der Waals surface area contributed by atoms with Crippen LogP contribution in [0.3, 0.4) is 0 Å². The van der Waals surface area contributed by atoms with Gasteiger partial charge in [-0.3, -0.25) is 9.59 Å². The maximum Gasteiger partial charge on any atom is 0.230 e. The third kappa shape index (κ3) is 3.56.